The highest BCUT2D eigenvalue weighted by molar-refractivity contribution is 5.75. The van der Waals surface area contributed by atoms with Crippen LogP contribution in [0.15, 0.2) is 0 Å². The van der Waals surface area contributed by atoms with E-state index in [1.807, 2.05) is 0 Å². The quantitative estimate of drug-likeness (QED) is 0.677. The van der Waals surface area contributed by atoms with Crippen LogP contribution in [0.3, 0.4) is 0 Å². The molecule has 3 heteroatoms. The van der Waals surface area contributed by atoms with Crippen LogP contribution >= 0.6 is 0 Å². The summed E-state index contributed by atoms with van der Waals surface area (Å²) in [5, 5.41) is 9.29. The molecule has 1 aliphatic rings. The van der Waals surface area contributed by atoms with E-state index in [0.29, 0.717) is 12.3 Å². The van der Waals surface area contributed by atoms with Crippen molar-refractivity contribution in [1.82, 2.24) is 0 Å². The van der Waals surface area contributed by atoms with Gasteiger partial charge in [-0.1, -0.05) is 20.3 Å². The number of aliphatic hydroxyl groups is 1. The predicted molar refractivity (Wildman–Crippen MR) is 49.1 cm³/mol. The van der Waals surface area contributed by atoms with Gasteiger partial charge in [-0.2, -0.15) is 0 Å². The second-order valence-electron chi connectivity index (χ2n) is 3.94. The Morgan fingerprint density at radius 1 is 1.62 bits per heavy atom. The monoisotopic (exact) mass is 186 g/mol. The molecule has 1 rings (SSSR count). The molecule has 1 fully saturated rings. The molecule has 0 aromatic rings. The average molecular weight is 186 g/mol. The maximum absolute atomic E-state index is 11.3. The van der Waals surface area contributed by atoms with Gasteiger partial charge in [-0.3, -0.25) is 4.79 Å². The first-order chi connectivity index (χ1) is 6.06. The third-order valence-corrected chi connectivity index (χ3v) is 2.92. The van der Waals surface area contributed by atoms with Gasteiger partial charge in [0.05, 0.1) is 12.0 Å². The van der Waals surface area contributed by atoms with Gasteiger partial charge in [0.15, 0.2) is 0 Å². The topological polar surface area (TPSA) is 46.5 Å². The van der Waals surface area contributed by atoms with Gasteiger partial charge in [0.25, 0.3) is 0 Å². The standard InChI is InChI=1S/C10H18O3/c1-4-6(2)9-5-8(7(3)11)10(12)13-9/h6-9,11H,4-5H2,1-3H3/t6-,7+,8-,9-/m0/s1. The van der Waals surface area contributed by atoms with E-state index < -0.39 is 6.10 Å². The Balaban J connectivity index is 2.55. The van der Waals surface area contributed by atoms with Gasteiger partial charge in [0.1, 0.15) is 6.10 Å². The molecule has 1 saturated heterocycles. The molecule has 0 bridgehead atoms. The Morgan fingerprint density at radius 3 is 2.62 bits per heavy atom. The fourth-order valence-electron chi connectivity index (χ4n) is 1.64. The Hall–Kier alpha value is -0.570. The Labute approximate surface area is 79.1 Å². The summed E-state index contributed by atoms with van der Waals surface area (Å²) in [6.07, 6.45) is 1.11. The molecule has 4 atom stereocenters. The Bertz CT molecular complexity index is 189. The summed E-state index contributed by atoms with van der Waals surface area (Å²) in [6, 6.07) is 0. The molecule has 0 amide bonds. The van der Waals surface area contributed by atoms with E-state index in [1.165, 1.54) is 0 Å². The molecule has 3 nitrogen and oxygen atoms in total. The van der Waals surface area contributed by atoms with Gasteiger partial charge in [0.2, 0.25) is 0 Å². The third-order valence-electron chi connectivity index (χ3n) is 2.92. The minimum atomic E-state index is -0.582. The van der Waals surface area contributed by atoms with Crippen LogP contribution in [0, 0.1) is 11.8 Å². The lowest BCUT2D eigenvalue weighted by Crippen LogP contribution is -2.21. The first-order valence-corrected chi connectivity index (χ1v) is 4.94. The van der Waals surface area contributed by atoms with Crippen molar-refractivity contribution in [1.29, 1.82) is 0 Å². The molecule has 1 N–H and O–H groups in total. The average Bonchev–Trinajstić information content (AvgIpc) is 2.46. The van der Waals surface area contributed by atoms with Crippen molar-refractivity contribution in [3.63, 3.8) is 0 Å². The van der Waals surface area contributed by atoms with Crippen molar-refractivity contribution in [2.45, 2.75) is 45.8 Å². The zero-order valence-corrected chi connectivity index (χ0v) is 8.49. The van der Waals surface area contributed by atoms with E-state index in [9.17, 15) is 9.90 Å². The van der Waals surface area contributed by atoms with E-state index in [2.05, 4.69) is 13.8 Å². The van der Waals surface area contributed by atoms with Crippen molar-refractivity contribution in [2.24, 2.45) is 11.8 Å². The molecule has 13 heavy (non-hydrogen) atoms. The van der Waals surface area contributed by atoms with Crippen LogP contribution in [0.2, 0.25) is 0 Å². The highest BCUT2D eigenvalue weighted by Crippen LogP contribution is 2.29. The van der Waals surface area contributed by atoms with Crippen molar-refractivity contribution < 1.29 is 14.6 Å². The molecule has 0 saturated carbocycles. The summed E-state index contributed by atoms with van der Waals surface area (Å²) in [4.78, 5) is 11.3. The molecule has 0 aromatic carbocycles. The summed E-state index contributed by atoms with van der Waals surface area (Å²) in [6.45, 7) is 5.79. The van der Waals surface area contributed by atoms with Gasteiger partial charge in [-0.05, 0) is 12.8 Å². The van der Waals surface area contributed by atoms with E-state index in [-0.39, 0.29) is 18.0 Å². The van der Waals surface area contributed by atoms with Crippen molar-refractivity contribution >= 4 is 5.97 Å². The molecule has 0 radical (unpaired) electrons. The summed E-state index contributed by atoms with van der Waals surface area (Å²) >= 11 is 0. The molecular weight excluding hydrogens is 168 g/mol. The Morgan fingerprint density at radius 2 is 2.23 bits per heavy atom. The van der Waals surface area contributed by atoms with Crippen molar-refractivity contribution in [3.05, 3.63) is 0 Å². The smallest absolute Gasteiger partial charge is 0.311 e. The lowest BCUT2D eigenvalue weighted by Gasteiger charge is -2.15. The van der Waals surface area contributed by atoms with E-state index in [4.69, 9.17) is 4.74 Å². The first-order valence-electron chi connectivity index (χ1n) is 4.94. The summed E-state index contributed by atoms with van der Waals surface area (Å²) in [5.74, 6) is -0.146. The SMILES string of the molecule is CC[C@H](C)[C@@H]1C[C@@H]([C@@H](C)O)C(=O)O1. The van der Waals surface area contributed by atoms with E-state index in [0.717, 1.165) is 6.42 Å². The second kappa shape index (κ2) is 4.09. The molecular formula is C10H18O3. The molecule has 0 spiro atoms. The van der Waals surface area contributed by atoms with Crippen molar-refractivity contribution in [2.75, 3.05) is 0 Å². The predicted octanol–water partition coefficient (Wildman–Crippen LogP) is 1.34. The highest BCUT2D eigenvalue weighted by Gasteiger charge is 2.39. The molecule has 0 aliphatic carbocycles. The number of esters is 1. The summed E-state index contributed by atoms with van der Waals surface area (Å²) in [5.41, 5.74) is 0. The number of carbonyl (C=O) groups excluding carboxylic acids is 1. The van der Waals surface area contributed by atoms with Gasteiger partial charge in [-0.15, -0.1) is 0 Å². The van der Waals surface area contributed by atoms with Gasteiger partial charge >= 0.3 is 5.97 Å². The Kier molecular flexibility index (Phi) is 3.31. The van der Waals surface area contributed by atoms with Gasteiger partial charge in [-0.25, -0.2) is 0 Å². The fraction of sp³-hybridized carbons (Fsp3) is 0.900. The number of aliphatic hydroxyl groups excluding tert-OH is 1. The van der Waals surface area contributed by atoms with E-state index >= 15 is 0 Å². The molecule has 76 valence electrons. The van der Waals surface area contributed by atoms with Gasteiger partial charge in [0, 0.05) is 6.42 Å². The molecule has 0 aromatic heterocycles. The van der Waals surface area contributed by atoms with Crippen molar-refractivity contribution in [3.8, 4) is 0 Å². The maximum Gasteiger partial charge on any atom is 0.311 e. The maximum atomic E-state index is 11.3. The van der Waals surface area contributed by atoms with Crippen LogP contribution in [-0.2, 0) is 9.53 Å². The lowest BCUT2D eigenvalue weighted by molar-refractivity contribution is -0.147. The van der Waals surface area contributed by atoms with Crippen LogP contribution in [-0.4, -0.2) is 23.3 Å². The number of rotatable bonds is 3. The minimum Gasteiger partial charge on any atom is -0.462 e. The summed E-state index contributed by atoms with van der Waals surface area (Å²) in [7, 11) is 0. The molecule has 1 aliphatic heterocycles. The van der Waals surface area contributed by atoms with Crippen LogP contribution in [0.1, 0.15) is 33.6 Å². The van der Waals surface area contributed by atoms with Crippen LogP contribution in [0.5, 0.6) is 0 Å². The number of carbonyl (C=O) groups is 1. The van der Waals surface area contributed by atoms with Gasteiger partial charge < -0.3 is 9.84 Å². The number of hydrogen-bond donors (Lipinski definition) is 1. The zero-order chi connectivity index (χ0) is 10.0. The number of cyclic esters (lactones) is 1. The minimum absolute atomic E-state index is 0.0112. The van der Waals surface area contributed by atoms with Crippen LogP contribution in [0.4, 0.5) is 0 Å². The third kappa shape index (κ3) is 2.21. The molecule has 1 heterocycles. The number of ether oxygens (including phenoxy) is 1. The second-order valence-corrected chi connectivity index (χ2v) is 3.94. The summed E-state index contributed by atoms with van der Waals surface area (Å²) < 4.78 is 5.19. The van der Waals surface area contributed by atoms with Crippen LogP contribution < -0.4 is 0 Å². The lowest BCUT2D eigenvalue weighted by atomic mass is 9.93. The molecule has 0 unspecified atom stereocenters. The van der Waals surface area contributed by atoms with Crippen LogP contribution in [0.25, 0.3) is 0 Å². The number of hydrogen-bond acceptors (Lipinski definition) is 3. The largest absolute Gasteiger partial charge is 0.462 e. The highest BCUT2D eigenvalue weighted by atomic mass is 16.6. The van der Waals surface area contributed by atoms with E-state index in [1.54, 1.807) is 6.92 Å². The fourth-order valence-corrected chi connectivity index (χ4v) is 1.64. The normalized spacial score (nSPS) is 32.8. The zero-order valence-electron chi connectivity index (χ0n) is 8.49. The first kappa shape index (κ1) is 10.5.